The molecule has 0 aromatic rings. The highest BCUT2D eigenvalue weighted by molar-refractivity contribution is 7.89. The quantitative estimate of drug-likeness (QED) is 0.584. The number of rotatable bonds is 6. The molecule has 5 nitrogen and oxygen atoms in total. The average Bonchev–Trinajstić information content (AvgIpc) is 2.29. The Morgan fingerprint density at radius 2 is 2.06 bits per heavy atom. The monoisotopic (exact) mass is 296 g/mol. The first-order valence-corrected chi connectivity index (χ1v) is 8.37. The molecule has 0 spiro atoms. The molecule has 1 fully saturated rings. The van der Waals surface area contributed by atoms with Crippen molar-refractivity contribution in [2.75, 3.05) is 18.2 Å². The lowest BCUT2D eigenvalue weighted by Gasteiger charge is -2.35. The van der Waals surface area contributed by atoms with Gasteiger partial charge in [0.25, 0.3) is 0 Å². The average molecular weight is 297 g/mol. The van der Waals surface area contributed by atoms with Crippen LogP contribution in [0.3, 0.4) is 0 Å². The molecule has 1 amide bonds. The molecule has 0 radical (unpaired) electrons. The number of sulfonamides is 1. The van der Waals surface area contributed by atoms with E-state index in [0.29, 0.717) is 31.6 Å². The first-order valence-electron chi connectivity index (χ1n) is 6.23. The van der Waals surface area contributed by atoms with Crippen molar-refractivity contribution in [3.63, 3.8) is 0 Å². The first-order chi connectivity index (χ1) is 8.38. The maximum absolute atomic E-state index is 12.2. The van der Waals surface area contributed by atoms with Gasteiger partial charge in [-0.15, -0.1) is 11.6 Å². The fourth-order valence-corrected chi connectivity index (χ4v) is 4.24. The largest absolute Gasteiger partial charge is 0.369 e. The molecule has 1 aliphatic heterocycles. The van der Waals surface area contributed by atoms with Gasteiger partial charge >= 0.3 is 0 Å². The number of primary amides is 1. The van der Waals surface area contributed by atoms with Gasteiger partial charge in [0.1, 0.15) is 0 Å². The van der Waals surface area contributed by atoms with Crippen LogP contribution in [0.1, 0.15) is 32.6 Å². The van der Waals surface area contributed by atoms with Crippen molar-refractivity contribution in [3.8, 4) is 0 Å². The number of carbonyl (C=O) groups is 1. The van der Waals surface area contributed by atoms with Crippen LogP contribution in [0.2, 0.25) is 0 Å². The Morgan fingerprint density at radius 3 is 2.61 bits per heavy atom. The first kappa shape index (κ1) is 15.7. The van der Waals surface area contributed by atoms with Crippen LogP contribution in [-0.2, 0) is 14.8 Å². The van der Waals surface area contributed by atoms with E-state index in [4.69, 9.17) is 17.3 Å². The van der Waals surface area contributed by atoms with E-state index in [0.717, 1.165) is 0 Å². The van der Waals surface area contributed by atoms with Gasteiger partial charge in [-0.3, -0.25) is 4.79 Å². The zero-order valence-electron chi connectivity index (χ0n) is 10.6. The van der Waals surface area contributed by atoms with Crippen molar-refractivity contribution in [2.24, 2.45) is 11.7 Å². The Hall–Kier alpha value is -0.330. The van der Waals surface area contributed by atoms with E-state index in [-0.39, 0.29) is 24.3 Å². The summed E-state index contributed by atoms with van der Waals surface area (Å²) in [6.45, 7) is 2.09. The molecule has 2 atom stereocenters. The van der Waals surface area contributed by atoms with Gasteiger partial charge in [-0.1, -0.05) is 0 Å². The van der Waals surface area contributed by atoms with Crippen LogP contribution < -0.4 is 5.73 Å². The summed E-state index contributed by atoms with van der Waals surface area (Å²) in [5, 5.41) is 0. The molecule has 2 unspecified atom stereocenters. The molecule has 18 heavy (non-hydrogen) atoms. The standard InChI is InChI=1S/C11H21ClN2O3S/c1-9-4-5-10(11(13)15)8-14(9)18(16,17)7-3-2-6-12/h9-10H,2-8H2,1H3,(H2,13,15). The molecule has 2 N–H and O–H groups in total. The minimum atomic E-state index is -3.30. The molecule has 0 aliphatic carbocycles. The zero-order chi connectivity index (χ0) is 13.8. The lowest BCUT2D eigenvalue weighted by molar-refractivity contribution is -0.123. The maximum atomic E-state index is 12.2. The van der Waals surface area contributed by atoms with E-state index in [1.807, 2.05) is 6.92 Å². The Kier molecular flexibility index (Phi) is 5.88. The van der Waals surface area contributed by atoms with Crippen LogP contribution in [0.15, 0.2) is 0 Å². The molecule has 0 saturated carbocycles. The van der Waals surface area contributed by atoms with Gasteiger partial charge in [0.15, 0.2) is 0 Å². The highest BCUT2D eigenvalue weighted by atomic mass is 35.5. The van der Waals surface area contributed by atoms with Gasteiger partial charge in [0.2, 0.25) is 15.9 Å². The number of hydrogen-bond acceptors (Lipinski definition) is 3. The number of piperidine rings is 1. The maximum Gasteiger partial charge on any atom is 0.221 e. The number of carbonyl (C=O) groups excluding carboxylic acids is 1. The Morgan fingerprint density at radius 1 is 1.39 bits per heavy atom. The van der Waals surface area contributed by atoms with Gasteiger partial charge in [-0.05, 0) is 32.6 Å². The molecule has 7 heteroatoms. The third-order valence-corrected chi connectivity index (χ3v) is 5.67. The third-order valence-electron chi connectivity index (χ3n) is 3.37. The van der Waals surface area contributed by atoms with Crippen LogP contribution >= 0.6 is 11.6 Å². The van der Waals surface area contributed by atoms with Crippen LogP contribution in [0.4, 0.5) is 0 Å². The van der Waals surface area contributed by atoms with Crippen molar-refractivity contribution in [1.82, 2.24) is 4.31 Å². The summed E-state index contributed by atoms with van der Waals surface area (Å²) in [6.07, 6.45) is 2.59. The van der Waals surface area contributed by atoms with E-state index in [2.05, 4.69) is 0 Å². The van der Waals surface area contributed by atoms with Crippen molar-refractivity contribution in [3.05, 3.63) is 0 Å². The summed E-state index contributed by atoms with van der Waals surface area (Å²) < 4.78 is 25.8. The highest BCUT2D eigenvalue weighted by Crippen LogP contribution is 2.25. The second kappa shape index (κ2) is 6.73. The molecule has 1 rings (SSSR count). The van der Waals surface area contributed by atoms with E-state index in [9.17, 15) is 13.2 Å². The molecule has 1 heterocycles. The highest BCUT2D eigenvalue weighted by Gasteiger charge is 2.35. The number of nitrogens with two attached hydrogens (primary N) is 1. The number of halogens is 1. The molecular formula is C11H21ClN2O3S. The predicted molar refractivity (Wildman–Crippen MR) is 71.8 cm³/mol. The van der Waals surface area contributed by atoms with Crippen molar-refractivity contribution in [2.45, 2.75) is 38.6 Å². The van der Waals surface area contributed by atoms with Crippen LogP contribution in [0.25, 0.3) is 0 Å². The topological polar surface area (TPSA) is 80.5 Å². The summed E-state index contributed by atoms with van der Waals surface area (Å²) in [5.74, 6) is -0.211. The number of alkyl halides is 1. The van der Waals surface area contributed by atoms with Gasteiger partial charge in [-0.25, -0.2) is 8.42 Å². The fraction of sp³-hybridized carbons (Fsp3) is 0.909. The van der Waals surface area contributed by atoms with Gasteiger partial charge in [-0.2, -0.15) is 4.31 Å². The Balaban J connectivity index is 2.69. The smallest absolute Gasteiger partial charge is 0.221 e. The summed E-state index contributed by atoms with van der Waals surface area (Å²) in [6, 6.07) is -0.0541. The molecule has 1 aliphatic rings. The Labute approximate surface area is 114 Å². The minimum absolute atomic E-state index is 0.0541. The predicted octanol–water partition coefficient (Wildman–Crippen LogP) is 0.921. The normalized spacial score (nSPS) is 26.1. The van der Waals surface area contributed by atoms with Gasteiger partial charge in [0, 0.05) is 18.5 Å². The van der Waals surface area contributed by atoms with Crippen molar-refractivity contribution < 1.29 is 13.2 Å². The summed E-state index contributed by atoms with van der Waals surface area (Å²) >= 11 is 5.54. The lowest BCUT2D eigenvalue weighted by Crippen LogP contribution is -2.49. The molecule has 1 saturated heterocycles. The van der Waals surface area contributed by atoms with Gasteiger partial charge < -0.3 is 5.73 Å². The molecule has 0 bridgehead atoms. The zero-order valence-corrected chi connectivity index (χ0v) is 12.2. The SMILES string of the molecule is CC1CCC(C(N)=O)CN1S(=O)(=O)CCCCCl. The third kappa shape index (κ3) is 4.10. The molecule has 0 aromatic heterocycles. The number of hydrogen-bond donors (Lipinski definition) is 1. The van der Waals surface area contributed by atoms with Crippen LogP contribution in [0.5, 0.6) is 0 Å². The molecule has 106 valence electrons. The van der Waals surface area contributed by atoms with Crippen LogP contribution in [0, 0.1) is 5.92 Å². The summed E-state index contributed by atoms with van der Waals surface area (Å²) in [5.41, 5.74) is 5.26. The number of unbranched alkanes of at least 4 members (excludes halogenated alkanes) is 1. The van der Waals surface area contributed by atoms with E-state index < -0.39 is 15.9 Å². The fourth-order valence-electron chi connectivity index (χ4n) is 2.19. The summed E-state index contributed by atoms with van der Waals surface area (Å²) in [7, 11) is -3.30. The lowest BCUT2D eigenvalue weighted by atomic mass is 9.95. The minimum Gasteiger partial charge on any atom is -0.369 e. The molecular weight excluding hydrogens is 276 g/mol. The molecule has 0 aromatic carbocycles. The second-order valence-electron chi connectivity index (χ2n) is 4.81. The number of nitrogens with zero attached hydrogens (tertiary/aromatic N) is 1. The van der Waals surface area contributed by atoms with Crippen LogP contribution in [-0.4, -0.2) is 42.8 Å². The van der Waals surface area contributed by atoms with Crippen molar-refractivity contribution in [1.29, 1.82) is 0 Å². The van der Waals surface area contributed by atoms with Gasteiger partial charge in [0.05, 0.1) is 11.7 Å². The van der Waals surface area contributed by atoms with E-state index in [1.54, 1.807) is 0 Å². The van der Waals surface area contributed by atoms with E-state index in [1.165, 1.54) is 4.31 Å². The Bertz CT molecular complexity index is 386. The van der Waals surface area contributed by atoms with Crippen molar-refractivity contribution >= 4 is 27.5 Å². The summed E-state index contributed by atoms with van der Waals surface area (Å²) in [4.78, 5) is 11.2. The number of amides is 1. The van der Waals surface area contributed by atoms with E-state index >= 15 is 0 Å². The second-order valence-corrected chi connectivity index (χ2v) is 7.23.